The van der Waals surface area contributed by atoms with E-state index in [0.717, 1.165) is 31.1 Å². The van der Waals surface area contributed by atoms with Crippen LogP contribution in [0, 0.1) is 6.92 Å². The van der Waals surface area contributed by atoms with Gasteiger partial charge in [-0.2, -0.15) is 0 Å². The number of rotatable bonds is 7. The predicted octanol–water partition coefficient (Wildman–Crippen LogP) is 5.54. The molecule has 2 fully saturated rings. The number of benzene rings is 2. The molecule has 0 radical (unpaired) electrons. The Bertz CT molecular complexity index is 922. The van der Waals surface area contributed by atoms with E-state index in [1.807, 2.05) is 0 Å². The van der Waals surface area contributed by atoms with E-state index >= 15 is 0 Å². The van der Waals surface area contributed by atoms with Crippen molar-refractivity contribution in [3.8, 4) is 11.5 Å². The van der Waals surface area contributed by atoms with Gasteiger partial charge in [-0.1, -0.05) is 18.6 Å². The Morgan fingerprint density at radius 1 is 0.906 bits per heavy atom. The van der Waals surface area contributed by atoms with Crippen molar-refractivity contribution in [3.05, 3.63) is 58.7 Å². The molecule has 172 valence electrons. The summed E-state index contributed by atoms with van der Waals surface area (Å²) in [6, 6.07) is 14.1. The zero-order valence-electron chi connectivity index (χ0n) is 19.8. The van der Waals surface area contributed by atoms with Crippen LogP contribution in [0.25, 0.3) is 0 Å². The zero-order chi connectivity index (χ0) is 21.9. The Labute approximate surface area is 193 Å². The first-order valence-corrected chi connectivity index (χ1v) is 12.6. The van der Waals surface area contributed by atoms with Gasteiger partial charge in [0.1, 0.15) is 11.5 Å². The second-order valence-corrected chi connectivity index (χ2v) is 9.88. The van der Waals surface area contributed by atoms with Crippen molar-refractivity contribution in [2.45, 2.75) is 57.4 Å². The molecule has 3 aliphatic rings. The fraction of sp³-hybridized carbons (Fsp3) is 0.571. The second-order valence-electron chi connectivity index (χ2n) is 9.88. The molecule has 2 aromatic rings. The molecule has 3 heterocycles. The first-order chi connectivity index (χ1) is 15.7. The molecule has 2 saturated heterocycles. The average molecular weight is 435 g/mol. The first-order valence-electron chi connectivity index (χ1n) is 12.6. The molecule has 0 spiro atoms. The number of nitrogens with zero attached hydrogens (tertiary/aromatic N) is 2. The normalized spacial score (nSPS) is 23.6. The van der Waals surface area contributed by atoms with Crippen LogP contribution in [0.1, 0.15) is 72.7 Å². The largest absolute Gasteiger partial charge is 0.497 e. The van der Waals surface area contributed by atoms with Gasteiger partial charge < -0.3 is 14.4 Å². The van der Waals surface area contributed by atoms with Gasteiger partial charge in [-0.3, -0.25) is 4.90 Å². The summed E-state index contributed by atoms with van der Waals surface area (Å²) in [6.45, 7) is 8.96. The van der Waals surface area contributed by atoms with E-state index in [2.05, 4.69) is 53.1 Å². The van der Waals surface area contributed by atoms with E-state index in [9.17, 15) is 0 Å². The molecule has 3 aliphatic heterocycles. The lowest BCUT2D eigenvalue weighted by Gasteiger charge is -2.38. The van der Waals surface area contributed by atoms with E-state index in [0.29, 0.717) is 12.0 Å². The highest BCUT2D eigenvalue weighted by molar-refractivity contribution is 5.48. The first kappa shape index (κ1) is 21.8. The number of hydrogen-bond acceptors (Lipinski definition) is 4. The monoisotopic (exact) mass is 434 g/mol. The Kier molecular flexibility index (Phi) is 6.70. The van der Waals surface area contributed by atoms with Gasteiger partial charge in [-0.05, 0) is 105 Å². The minimum atomic E-state index is 0.390. The summed E-state index contributed by atoms with van der Waals surface area (Å²) < 4.78 is 11.8. The van der Waals surface area contributed by atoms with Crippen molar-refractivity contribution in [2.75, 3.05) is 46.4 Å². The van der Waals surface area contributed by atoms with Gasteiger partial charge in [0.15, 0.2) is 0 Å². The third kappa shape index (κ3) is 4.67. The smallest absolute Gasteiger partial charge is 0.119 e. The molecule has 2 atom stereocenters. The molecule has 5 rings (SSSR count). The van der Waals surface area contributed by atoms with Crippen LogP contribution in [0.4, 0.5) is 0 Å². The van der Waals surface area contributed by atoms with Crippen LogP contribution in [0.3, 0.4) is 0 Å². The lowest BCUT2D eigenvalue weighted by Crippen LogP contribution is -2.34. The number of likely N-dealkylation sites (tertiary alicyclic amines) is 1. The van der Waals surface area contributed by atoms with Crippen molar-refractivity contribution >= 4 is 0 Å². The number of aryl methyl sites for hydroxylation is 1. The molecule has 2 aromatic carbocycles. The van der Waals surface area contributed by atoms with Crippen molar-refractivity contribution in [1.29, 1.82) is 0 Å². The molecule has 0 amide bonds. The van der Waals surface area contributed by atoms with Crippen molar-refractivity contribution in [2.24, 2.45) is 0 Å². The average Bonchev–Trinajstić information content (AvgIpc) is 3.30. The zero-order valence-corrected chi connectivity index (χ0v) is 19.8. The van der Waals surface area contributed by atoms with E-state index in [1.165, 1.54) is 80.5 Å². The van der Waals surface area contributed by atoms with Crippen LogP contribution in [0.5, 0.6) is 11.5 Å². The summed E-state index contributed by atoms with van der Waals surface area (Å²) in [5, 5.41) is 0. The fourth-order valence-electron chi connectivity index (χ4n) is 6.02. The summed E-state index contributed by atoms with van der Waals surface area (Å²) >= 11 is 0. The summed E-state index contributed by atoms with van der Waals surface area (Å²) in [5.41, 5.74) is 5.58. The quantitative estimate of drug-likeness (QED) is 0.534. The molecule has 0 bridgehead atoms. The lowest BCUT2D eigenvalue weighted by molar-refractivity contribution is 0.204. The minimum absolute atomic E-state index is 0.390. The summed E-state index contributed by atoms with van der Waals surface area (Å²) in [7, 11) is 1.76. The molecule has 0 aromatic heterocycles. The number of piperidine rings is 1. The Balaban J connectivity index is 1.33. The molecular weight excluding hydrogens is 396 g/mol. The topological polar surface area (TPSA) is 24.9 Å². The Hall–Kier alpha value is -2.04. The highest BCUT2D eigenvalue weighted by atomic mass is 16.5. The maximum atomic E-state index is 6.24. The van der Waals surface area contributed by atoms with Gasteiger partial charge in [0.05, 0.1) is 13.7 Å². The molecule has 4 heteroatoms. The number of hydrogen-bond donors (Lipinski definition) is 0. The summed E-state index contributed by atoms with van der Waals surface area (Å²) in [4.78, 5) is 5.28. The van der Waals surface area contributed by atoms with Gasteiger partial charge in [0.25, 0.3) is 0 Å². The van der Waals surface area contributed by atoms with Gasteiger partial charge in [0, 0.05) is 25.0 Å². The maximum absolute atomic E-state index is 6.24. The van der Waals surface area contributed by atoms with Crippen LogP contribution in [-0.4, -0.2) is 56.2 Å². The maximum Gasteiger partial charge on any atom is 0.119 e. The van der Waals surface area contributed by atoms with Crippen LogP contribution in [0.2, 0.25) is 0 Å². The molecule has 4 nitrogen and oxygen atoms in total. The number of fused-ring (bicyclic) bond motifs is 3. The third-order valence-corrected chi connectivity index (χ3v) is 7.62. The molecule has 0 N–H and O–H groups in total. The Morgan fingerprint density at radius 3 is 2.62 bits per heavy atom. The third-order valence-electron chi connectivity index (χ3n) is 7.62. The lowest BCUT2D eigenvalue weighted by atomic mass is 9.81. The van der Waals surface area contributed by atoms with E-state index in [1.54, 1.807) is 7.11 Å². The van der Waals surface area contributed by atoms with Crippen LogP contribution in [-0.2, 0) is 0 Å². The number of ether oxygens (including phenoxy) is 2. The summed E-state index contributed by atoms with van der Waals surface area (Å²) in [5.74, 6) is 2.39. The highest BCUT2D eigenvalue weighted by Gasteiger charge is 2.36. The van der Waals surface area contributed by atoms with Crippen molar-refractivity contribution < 1.29 is 9.47 Å². The Morgan fingerprint density at radius 2 is 1.78 bits per heavy atom. The van der Waals surface area contributed by atoms with Crippen LogP contribution in [0.15, 0.2) is 36.4 Å². The fourth-order valence-corrected chi connectivity index (χ4v) is 6.02. The van der Waals surface area contributed by atoms with Crippen LogP contribution >= 0.6 is 0 Å². The molecule has 0 unspecified atom stereocenters. The molecular formula is C28H38N2O2. The van der Waals surface area contributed by atoms with E-state index < -0.39 is 0 Å². The standard InChI is InChI=1S/C28H38N2O2/c1-21-16-22(18-24(17-21)31-2)27-20-30-14-6-8-28(30)26-19-23(9-10-25(26)27)32-15-7-13-29-11-4-3-5-12-29/h9-10,16-19,27-28H,3-8,11-15,20H2,1-2H3/t27-,28+/m1/s1. The minimum Gasteiger partial charge on any atom is -0.497 e. The second kappa shape index (κ2) is 9.84. The van der Waals surface area contributed by atoms with Gasteiger partial charge in [0.2, 0.25) is 0 Å². The summed E-state index contributed by atoms with van der Waals surface area (Å²) in [6.07, 6.45) is 7.77. The number of methoxy groups -OCH3 is 1. The SMILES string of the molecule is COc1cc(C)cc([C@H]2CN3CCC[C@H]3c3cc(OCCCN4CCCCC4)ccc32)c1. The highest BCUT2D eigenvalue weighted by Crippen LogP contribution is 2.45. The van der Waals surface area contributed by atoms with Gasteiger partial charge in [-0.25, -0.2) is 0 Å². The van der Waals surface area contributed by atoms with Gasteiger partial charge >= 0.3 is 0 Å². The van der Waals surface area contributed by atoms with Gasteiger partial charge in [-0.15, -0.1) is 0 Å². The molecule has 0 saturated carbocycles. The van der Waals surface area contributed by atoms with Crippen molar-refractivity contribution in [1.82, 2.24) is 9.80 Å². The molecule has 32 heavy (non-hydrogen) atoms. The molecule has 0 aliphatic carbocycles. The van der Waals surface area contributed by atoms with Crippen molar-refractivity contribution in [3.63, 3.8) is 0 Å². The van der Waals surface area contributed by atoms with E-state index in [4.69, 9.17) is 9.47 Å². The van der Waals surface area contributed by atoms with Crippen LogP contribution < -0.4 is 9.47 Å². The predicted molar refractivity (Wildman–Crippen MR) is 130 cm³/mol. The van der Waals surface area contributed by atoms with E-state index in [-0.39, 0.29) is 0 Å².